The van der Waals surface area contributed by atoms with E-state index in [9.17, 15) is 9.59 Å². The van der Waals surface area contributed by atoms with Gasteiger partial charge in [-0.05, 0) is 67.5 Å². The zero-order valence-electron chi connectivity index (χ0n) is 16.9. The van der Waals surface area contributed by atoms with Gasteiger partial charge in [-0.15, -0.1) is 0 Å². The molecule has 1 aliphatic carbocycles. The van der Waals surface area contributed by atoms with Crippen molar-refractivity contribution in [1.82, 2.24) is 9.88 Å². The van der Waals surface area contributed by atoms with E-state index in [0.717, 1.165) is 34.3 Å². The second-order valence-electron chi connectivity index (χ2n) is 8.03. The van der Waals surface area contributed by atoms with Crippen LogP contribution in [0.3, 0.4) is 0 Å². The molecule has 0 bridgehead atoms. The highest BCUT2D eigenvalue weighted by atomic mass is 79.9. The Balaban J connectivity index is 1.75. The second-order valence-corrected chi connectivity index (χ2v) is 8.94. The third-order valence-corrected chi connectivity index (χ3v) is 6.33. The number of halogens is 1. The van der Waals surface area contributed by atoms with Crippen molar-refractivity contribution in [3.63, 3.8) is 0 Å². The third-order valence-electron chi connectivity index (χ3n) is 5.83. The Labute approximate surface area is 179 Å². The topological polar surface area (TPSA) is 65.2 Å². The summed E-state index contributed by atoms with van der Waals surface area (Å²) in [5, 5.41) is 2.95. The lowest BCUT2D eigenvalue weighted by Crippen LogP contribution is -2.22. The molecule has 2 heterocycles. The molecule has 4 rings (SSSR count). The Bertz CT molecular complexity index is 1000. The van der Waals surface area contributed by atoms with Gasteiger partial charge in [0.25, 0.3) is 5.91 Å². The minimum absolute atomic E-state index is 0.0850. The fourth-order valence-corrected chi connectivity index (χ4v) is 4.63. The molecule has 2 aliphatic rings. The van der Waals surface area contributed by atoms with E-state index in [1.165, 1.54) is 36.1 Å². The lowest BCUT2D eigenvalue weighted by molar-refractivity contribution is -0.128. The molecular formula is C23H26BrN3O2. The van der Waals surface area contributed by atoms with Crippen LogP contribution in [0.1, 0.15) is 53.8 Å². The fraction of sp³-hybridized carbons (Fsp3) is 0.391. The number of aromatic amines is 1. The van der Waals surface area contributed by atoms with Gasteiger partial charge >= 0.3 is 0 Å². The Morgan fingerprint density at radius 1 is 1.21 bits per heavy atom. The maximum Gasteiger partial charge on any atom is 0.256 e. The first kappa shape index (κ1) is 20.0. The summed E-state index contributed by atoms with van der Waals surface area (Å²) in [5.74, 6) is 0.0401. The van der Waals surface area contributed by atoms with Crippen LogP contribution in [0, 0.1) is 0 Å². The molecule has 5 nitrogen and oxygen atoms in total. The molecule has 152 valence electrons. The number of hydrogen-bond donors (Lipinski definition) is 2. The summed E-state index contributed by atoms with van der Waals surface area (Å²) in [5.41, 5.74) is 7.20. The number of anilines is 1. The largest absolute Gasteiger partial charge is 0.358 e. The molecule has 0 saturated heterocycles. The SMILES string of the molecule is CN(C)C(=O)CCc1c(C=C2C(=O)Nc3ccc(Br)cc32)[nH]c2c1CCCCC2. The van der Waals surface area contributed by atoms with Crippen molar-refractivity contribution in [2.75, 3.05) is 19.4 Å². The fourth-order valence-electron chi connectivity index (χ4n) is 4.27. The van der Waals surface area contributed by atoms with Crippen LogP contribution in [-0.4, -0.2) is 35.8 Å². The number of hydrogen-bond acceptors (Lipinski definition) is 2. The number of H-pyrrole nitrogens is 1. The zero-order valence-corrected chi connectivity index (χ0v) is 18.5. The van der Waals surface area contributed by atoms with Crippen molar-refractivity contribution < 1.29 is 9.59 Å². The van der Waals surface area contributed by atoms with Gasteiger partial charge < -0.3 is 15.2 Å². The quantitative estimate of drug-likeness (QED) is 0.524. The normalized spacial score (nSPS) is 16.9. The summed E-state index contributed by atoms with van der Waals surface area (Å²) in [6, 6.07) is 5.82. The van der Waals surface area contributed by atoms with Crippen LogP contribution >= 0.6 is 15.9 Å². The average Bonchev–Trinajstić information content (AvgIpc) is 3.05. The van der Waals surface area contributed by atoms with E-state index in [1.807, 2.05) is 24.3 Å². The maximum absolute atomic E-state index is 12.6. The van der Waals surface area contributed by atoms with E-state index in [0.29, 0.717) is 18.4 Å². The van der Waals surface area contributed by atoms with Crippen molar-refractivity contribution in [3.8, 4) is 0 Å². The number of fused-ring (bicyclic) bond motifs is 2. The summed E-state index contributed by atoms with van der Waals surface area (Å²) in [7, 11) is 3.58. The molecule has 2 N–H and O–H groups in total. The maximum atomic E-state index is 12.6. The lowest BCUT2D eigenvalue weighted by atomic mass is 9.98. The standard InChI is InChI=1S/C23H26BrN3O2/c1-27(2)22(28)11-9-16-15-6-4-3-5-7-19(15)25-21(16)13-18-17-12-14(24)8-10-20(17)26-23(18)29/h8,10,12-13,25H,3-7,9,11H2,1-2H3,(H,26,29). The van der Waals surface area contributed by atoms with Crippen molar-refractivity contribution in [1.29, 1.82) is 0 Å². The second kappa shape index (κ2) is 8.19. The first-order chi connectivity index (χ1) is 13.9. The highest BCUT2D eigenvalue weighted by Crippen LogP contribution is 2.36. The number of rotatable bonds is 4. The molecule has 0 unspecified atom stereocenters. The van der Waals surface area contributed by atoms with E-state index in [4.69, 9.17) is 0 Å². The lowest BCUT2D eigenvalue weighted by Gasteiger charge is -2.11. The number of carbonyl (C=O) groups excluding carboxylic acids is 2. The monoisotopic (exact) mass is 455 g/mol. The molecule has 1 aromatic heterocycles. The van der Waals surface area contributed by atoms with Gasteiger partial charge in [0.15, 0.2) is 0 Å². The number of aryl methyl sites for hydroxylation is 1. The highest BCUT2D eigenvalue weighted by Gasteiger charge is 2.26. The summed E-state index contributed by atoms with van der Waals surface area (Å²) in [6.07, 6.45) is 8.78. The van der Waals surface area contributed by atoms with Crippen LogP contribution in [0.4, 0.5) is 5.69 Å². The Morgan fingerprint density at radius 2 is 2.00 bits per heavy atom. The molecule has 0 radical (unpaired) electrons. The molecule has 2 aromatic rings. The van der Waals surface area contributed by atoms with Gasteiger partial charge in [-0.25, -0.2) is 0 Å². The minimum atomic E-state index is -0.0850. The number of amides is 2. The van der Waals surface area contributed by atoms with Gasteiger partial charge in [0.2, 0.25) is 5.91 Å². The van der Waals surface area contributed by atoms with Gasteiger partial charge in [0.05, 0.1) is 5.57 Å². The van der Waals surface area contributed by atoms with E-state index in [2.05, 4.69) is 26.2 Å². The number of aromatic nitrogens is 1. The first-order valence-corrected chi connectivity index (χ1v) is 11.0. The van der Waals surface area contributed by atoms with Crippen LogP contribution in [0.2, 0.25) is 0 Å². The predicted molar refractivity (Wildman–Crippen MR) is 120 cm³/mol. The molecule has 29 heavy (non-hydrogen) atoms. The van der Waals surface area contributed by atoms with Crippen LogP contribution in [-0.2, 0) is 28.9 Å². The molecule has 0 saturated carbocycles. The van der Waals surface area contributed by atoms with E-state index < -0.39 is 0 Å². The molecule has 0 fully saturated rings. The number of nitrogens with one attached hydrogen (secondary N) is 2. The van der Waals surface area contributed by atoms with Crippen molar-refractivity contribution in [2.24, 2.45) is 0 Å². The summed E-state index contributed by atoms with van der Waals surface area (Å²) in [6.45, 7) is 0. The minimum Gasteiger partial charge on any atom is -0.358 e. The van der Waals surface area contributed by atoms with Crippen LogP contribution < -0.4 is 5.32 Å². The number of benzene rings is 1. The Morgan fingerprint density at radius 3 is 2.79 bits per heavy atom. The Kier molecular flexibility index (Phi) is 5.63. The third kappa shape index (κ3) is 4.04. The summed E-state index contributed by atoms with van der Waals surface area (Å²) < 4.78 is 0.942. The van der Waals surface area contributed by atoms with Gasteiger partial charge in [-0.3, -0.25) is 9.59 Å². The number of nitrogens with zero attached hydrogens (tertiary/aromatic N) is 1. The molecule has 1 aliphatic heterocycles. The average molecular weight is 456 g/mol. The first-order valence-electron chi connectivity index (χ1n) is 10.2. The van der Waals surface area contributed by atoms with Crippen molar-refractivity contribution >= 4 is 45.1 Å². The summed E-state index contributed by atoms with van der Waals surface area (Å²) in [4.78, 5) is 30.1. The van der Waals surface area contributed by atoms with Gasteiger partial charge in [-0.1, -0.05) is 22.4 Å². The molecule has 1 aromatic carbocycles. The highest BCUT2D eigenvalue weighted by molar-refractivity contribution is 9.10. The van der Waals surface area contributed by atoms with E-state index in [1.54, 1.807) is 19.0 Å². The molecule has 6 heteroatoms. The molecular weight excluding hydrogens is 430 g/mol. The zero-order chi connectivity index (χ0) is 20.5. The molecule has 2 amide bonds. The molecule has 0 atom stereocenters. The Hall–Kier alpha value is -2.34. The van der Waals surface area contributed by atoms with E-state index >= 15 is 0 Å². The molecule has 0 spiro atoms. The van der Waals surface area contributed by atoms with Crippen LogP contribution in [0.15, 0.2) is 22.7 Å². The van der Waals surface area contributed by atoms with E-state index in [-0.39, 0.29) is 11.8 Å². The van der Waals surface area contributed by atoms with Crippen molar-refractivity contribution in [2.45, 2.75) is 44.9 Å². The van der Waals surface area contributed by atoms with Crippen LogP contribution in [0.25, 0.3) is 11.6 Å². The predicted octanol–water partition coefficient (Wildman–Crippen LogP) is 4.56. The summed E-state index contributed by atoms with van der Waals surface area (Å²) >= 11 is 3.51. The van der Waals surface area contributed by atoms with Gasteiger partial charge in [0.1, 0.15) is 0 Å². The van der Waals surface area contributed by atoms with Gasteiger partial charge in [-0.2, -0.15) is 0 Å². The number of carbonyl (C=O) groups is 2. The van der Waals surface area contributed by atoms with Gasteiger partial charge in [0, 0.05) is 47.6 Å². The van der Waals surface area contributed by atoms with Crippen molar-refractivity contribution in [3.05, 3.63) is 50.8 Å². The smallest absolute Gasteiger partial charge is 0.256 e. The van der Waals surface area contributed by atoms with Crippen LogP contribution in [0.5, 0.6) is 0 Å².